The third kappa shape index (κ3) is 5.48. The Balaban J connectivity index is 1.76. The Morgan fingerprint density at radius 2 is 1.94 bits per heavy atom. The van der Waals surface area contributed by atoms with Crippen molar-refractivity contribution in [3.05, 3.63) is 47.4 Å². The molecule has 3 aromatic heterocycles. The van der Waals surface area contributed by atoms with Crippen LogP contribution in [0.4, 0.5) is 15.0 Å². The van der Waals surface area contributed by atoms with Gasteiger partial charge in [-0.3, -0.25) is 10.00 Å². The molecule has 0 saturated carbocycles. The maximum Gasteiger partial charge on any atom is 0.413 e. The van der Waals surface area contributed by atoms with E-state index < -0.39 is 28.1 Å². The number of carbonyl (C=O) groups is 1. The summed E-state index contributed by atoms with van der Waals surface area (Å²) in [6, 6.07) is 1.12. The zero-order chi connectivity index (χ0) is 23.5. The van der Waals surface area contributed by atoms with Gasteiger partial charge < -0.3 is 8.92 Å². The zero-order valence-electron chi connectivity index (χ0n) is 17.1. The van der Waals surface area contributed by atoms with Crippen LogP contribution in [0.5, 0.6) is 5.75 Å². The average molecular weight is 485 g/mol. The van der Waals surface area contributed by atoms with Gasteiger partial charge in [0.1, 0.15) is 22.9 Å². The predicted octanol–water partition coefficient (Wildman–Crippen LogP) is 3.10. The molecule has 0 spiro atoms. The lowest BCUT2D eigenvalue weighted by Crippen LogP contribution is -2.19. The van der Waals surface area contributed by atoms with Crippen molar-refractivity contribution in [3.63, 3.8) is 0 Å². The van der Waals surface area contributed by atoms with Gasteiger partial charge in [-0.05, 0) is 19.9 Å². The lowest BCUT2D eigenvalue weighted by molar-refractivity contribution is 0.120. The molecule has 11 nitrogen and oxygen atoms in total. The van der Waals surface area contributed by atoms with Gasteiger partial charge in [-0.15, -0.1) is 0 Å². The Morgan fingerprint density at radius 1 is 1.25 bits per heavy atom. The largest absolute Gasteiger partial charge is 0.441 e. The fourth-order valence-corrected chi connectivity index (χ4v) is 3.28. The number of aryl methyl sites for hydroxylation is 1. The number of nitrogens with zero attached hydrogens (tertiary/aromatic N) is 5. The Morgan fingerprint density at radius 3 is 2.59 bits per heavy atom. The molecule has 0 radical (unpaired) electrons. The summed E-state index contributed by atoms with van der Waals surface area (Å²) in [4.78, 5) is 24.2. The summed E-state index contributed by atoms with van der Waals surface area (Å²) in [7, 11) is -2.15. The second-order valence-electron chi connectivity index (χ2n) is 6.41. The molecule has 0 aromatic carbocycles. The van der Waals surface area contributed by atoms with E-state index >= 15 is 0 Å². The van der Waals surface area contributed by atoms with Crippen molar-refractivity contribution in [1.29, 1.82) is 0 Å². The van der Waals surface area contributed by atoms with E-state index in [2.05, 4.69) is 25.4 Å². The van der Waals surface area contributed by atoms with Crippen LogP contribution in [0.3, 0.4) is 0 Å². The van der Waals surface area contributed by atoms with E-state index in [9.17, 15) is 17.6 Å². The summed E-state index contributed by atoms with van der Waals surface area (Å²) in [5.41, 5.74) is 0.542. The summed E-state index contributed by atoms with van der Waals surface area (Å²) in [6.07, 6.45) is 2.98. The molecule has 1 amide bonds. The van der Waals surface area contributed by atoms with Gasteiger partial charge in [0.05, 0.1) is 36.1 Å². The van der Waals surface area contributed by atoms with Crippen LogP contribution in [0.1, 0.15) is 25.5 Å². The first-order valence-electron chi connectivity index (χ1n) is 9.14. The smallest absolute Gasteiger partial charge is 0.413 e. The fourth-order valence-electron chi connectivity index (χ4n) is 2.53. The second-order valence-corrected chi connectivity index (χ2v) is 8.63. The monoisotopic (exact) mass is 484 g/mol. The number of rotatable bonds is 7. The van der Waals surface area contributed by atoms with Crippen molar-refractivity contribution < 1.29 is 26.5 Å². The lowest BCUT2D eigenvalue weighted by atomic mass is 10.2. The van der Waals surface area contributed by atoms with Gasteiger partial charge in [0.25, 0.3) is 0 Å². The molecule has 0 aliphatic heterocycles. The number of ether oxygens (including phenoxy) is 1. The van der Waals surface area contributed by atoms with Crippen molar-refractivity contribution in [3.8, 4) is 17.1 Å². The molecule has 32 heavy (non-hydrogen) atoms. The van der Waals surface area contributed by atoms with E-state index in [1.165, 1.54) is 37.1 Å². The van der Waals surface area contributed by atoms with E-state index in [1.807, 2.05) is 0 Å². The van der Waals surface area contributed by atoms with Crippen LogP contribution in [0.25, 0.3) is 11.4 Å². The Labute approximate surface area is 187 Å². The molecule has 3 rings (SSSR count). The van der Waals surface area contributed by atoms with E-state index in [0.29, 0.717) is 5.56 Å². The minimum atomic E-state index is -3.72. The van der Waals surface area contributed by atoms with E-state index in [4.69, 9.17) is 20.5 Å². The quantitative estimate of drug-likeness (QED) is 0.395. The third-order valence-corrected chi connectivity index (χ3v) is 5.63. The van der Waals surface area contributed by atoms with Gasteiger partial charge in [0.15, 0.2) is 11.6 Å². The molecule has 0 saturated heterocycles. The van der Waals surface area contributed by atoms with Gasteiger partial charge in [0.2, 0.25) is 0 Å². The second kappa shape index (κ2) is 9.44. The predicted molar refractivity (Wildman–Crippen MR) is 112 cm³/mol. The first-order chi connectivity index (χ1) is 15.1. The van der Waals surface area contributed by atoms with Crippen LogP contribution in [0.2, 0.25) is 5.15 Å². The lowest BCUT2D eigenvalue weighted by Gasteiger charge is -2.15. The number of carbonyl (C=O) groups excluding carboxylic acids is 1. The van der Waals surface area contributed by atoms with Crippen molar-refractivity contribution in [1.82, 2.24) is 24.7 Å². The number of halogens is 2. The van der Waals surface area contributed by atoms with Gasteiger partial charge in [0, 0.05) is 12.6 Å². The topological polar surface area (TPSA) is 138 Å². The summed E-state index contributed by atoms with van der Waals surface area (Å²) in [5, 5.41) is 6.60. The van der Waals surface area contributed by atoms with Crippen molar-refractivity contribution in [2.75, 3.05) is 11.1 Å². The minimum Gasteiger partial charge on any atom is -0.441 e. The van der Waals surface area contributed by atoms with E-state index in [-0.39, 0.29) is 33.9 Å². The van der Waals surface area contributed by atoms with Crippen LogP contribution in [-0.2, 0) is 21.9 Å². The third-order valence-electron chi connectivity index (χ3n) is 4.16. The maximum atomic E-state index is 13.4. The minimum absolute atomic E-state index is 0.00807. The molecule has 14 heteroatoms. The van der Waals surface area contributed by atoms with E-state index in [1.54, 1.807) is 7.05 Å². The first kappa shape index (κ1) is 23.3. The highest BCUT2D eigenvalue weighted by atomic mass is 35.5. The van der Waals surface area contributed by atoms with Crippen molar-refractivity contribution >= 4 is 33.6 Å². The molecule has 0 bridgehead atoms. The molecule has 0 fully saturated rings. The SMILES string of the molecule is CCS(=O)(=O)Oc1cnc(-c2cnn(C)c2NC(=O)O[C@H](C)c2cc(F)cnc2Cl)nc1. The molecular formula is C18H18ClFN6O5S. The standard InChI is InChI=1S/C18H18ClFN6O5S/c1-4-32(28,29)31-12-7-22-16(23-8-12)14-9-24-26(3)17(14)25-18(27)30-10(2)13-5-11(20)6-21-15(13)19/h5-10H,4H2,1-3H3,(H,25,27)/t10-/m1/s1. The number of amides is 1. The number of aromatic nitrogens is 5. The Bertz CT molecular complexity index is 1240. The van der Waals surface area contributed by atoms with Crippen LogP contribution in [0, 0.1) is 5.82 Å². The number of anilines is 1. The highest BCUT2D eigenvalue weighted by Gasteiger charge is 2.21. The van der Waals surface area contributed by atoms with E-state index in [0.717, 1.165) is 12.3 Å². The van der Waals surface area contributed by atoms with Gasteiger partial charge in [-0.1, -0.05) is 11.6 Å². The van der Waals surface area contributed by atoms with Crippen LogP contribution in [-0.4, -0.2) is 45.0 Å². The molecule has 0 aliphatic rings. The van der Waals surface area contributed by atoms with Gasteiger partial charge in [-0.2, -0.15) is 13.5 Å². The van der Waals surface area contributed by atoms with Crippen LogP contribution >= 0.6 is 11.6 Å². The van der Waals surface area contributed by atoms with Gasteiger partial charge >= 0.3 is 16.2 Å². The number of hydrogen-bond donors (Lipinski definition) is 1. The molecular weight excluding hydrogens is 467 g/mol. The Kier molecular flexibility index (Phi) is 6.89. The highest BCUT2D eigenvalue weighted by Crippen LogP contribution is 2.28. The van der Waals surface area contributed by atoms with Gasteiger partial charge in [-0.25, -0.2) is 24.1 Å². The molecule has 0 unspecified atom stereocenters. The van der Waals surface area contributed by atoms with Crippen molar-refractivity contribution in [2.45, 2.75) is 20.0 Å². The summed E-state index contributed by atoms with van der Waals surface area (Å²) < 4.78 is 48.0. The highest BCUT2D eigenvalue weighted by molar-refractivity contribution is 7.87. The summed E-state index contributed by atoms with van der Waals surface area (Å²) in [5.74, 6) is -0.517. The number of nitrogens with one attached hydrogen (secondary N) is 1. The number of hydrogen-bond acceptors (Lipinski definition) is 9. The molecule has 170 valence electrons. The molecule has 1 N–H and O–H groups in total. The van der Waals surface area contributed by atoms with Crippen LogP contribution in [0.15, 0.2) is 30.9 Å². The van der Waals surface area contributed by atoms with Crippen molar-refractivity contribution in [2.24, 2.45) is 7.05 Å². The summed E-state index contributed by atoms with van der Waals surface area (Å²) >= 11 is 5.94. The Hall–Kier alpha value is -3.32. The van der Waals surface area contributed by atoms with Crippen LogP contribution < -0.4 is 9.50 Å². The zero-order valence-corrected chi connectivity index (χ0v) is 18.7. The maximum absolute atomic E-state index is 13.4. The first-order valence-corrected chi connectivity index (χ1v) is 11.1. The normalized spacial score (nSPS) is 12.3. The molecule has 1 atom stereocenters. The summed E-state index contributed by atoms with van der Waals surface area (Å²) in [6.45, 7) is 2.95. The average Bonchev–Trinajstić information content (AvgIpc) is 3.10. The molecule has 0 aliphatic carbocycles. The molecule has 3 heterocycles. The fraction of sp³-hybridized carbons (Fsp3) is 0.278. The number of pyridine rings is 1. The molecule has 3 aromatic rings.